The van der Waals surface area contributed by atoms with E-state index in [0.717, 1.165) is 17.0 Å². The van der Waals surface area contributed by atoms with E-state index in [0.29, 0.717) is 0 Å². The monoisotopic (exact) mass is 497 g/mol. The molecule has 0 aliphatic carbocycles. The van der Waals surface area contributed by atoms with Gasteiger partial charge in [-0.25, -0.2) is 0 Å². The molecule has 0 saturated heterocycles. The van der Waals surface area contributed by atoms with Crippen LogP contribution in [0.4, 0.5) is 0 Å². The quantitative estimate of drug-likeness (QED) is 0.0783. The fraction of sp³-hybridized carbons (Fsp3) is 1.00. The lowest BCUT2D eigenvalue weighted by Crippen LogP contribution is -2.18. The summed E-state index contributed by atoms with van der Waals surface area (Å²) in [5.74, 6) is 0. The third kappa shape index (κ3) is 20.6. The van der Waals surface area contributed by atoms with Crippen LogP contribution >= 0.6 is 7.92 Å². The van der Waals surface area contributed by atoms with Crippen molar-refractivity contribution < 1.29 is 0 Å². The standard InChI is InChI=1S/C33H69P/c1-7-10-13-16-19-22-25-28-31(4)34(32(5)29-26-23-20-17-14-11-8-2)33(6)30-27-24-21-18-15-12-9-3/h31-33H,7-30H2,1-6H3. The largest absolute Gasteiger partial charge is 0.0980 e. The Labute approximate surface area is 220 Å². The van der Waals surface area contributed by atoms with E-state index in [1.807, 2.05) is 0 Å². The van der Waals surface area contributed by atoms with Gasteiger partial charge < -0.3 is 0 Å². The Kier molecular flexibility index (Phi) is 26.8. The summed E-state index contributed by atoms with van der Waals surface area (Å²) in [5, 5.41) is 0. The average Bonchev–Trinajstić information content (AvgIpc) is 2.82. The summed E-state index contributed by atoms with van der Waals surface area (Å²) in [6.45, 7) is 14.9. The van der Waals surface area contributed by atoms with E-state index in [1.54, 1.807) is 0 Å². The zero-order valence-corrected chi connectivity index (χ0v) is 26.0. The van der Waals surface area contributed by atoms with E-state index in [-0.39, 0.29) is 7.92 Å². The topological polar surface area (TPSA) is 0 Å². The maximum absolute atomic E-state index is 2.64. The summed E-state index contributed by atoms with van der Waals surface area (Å²) in [6, 6.07) is 0. The SMILES string of the molecule is CCCCCCCCCC(C)P(C(C)CCCCCCCCC)C(C)CCCCCCCCC. The van der Waals surface area contributed by atoms with Crippen LogP contribution in [0.5, 0.6) is 0 Å². The summed E-state index contributed by atoms with van der Waals surface area (Å²) >= 11 is 0. The molecule has 1 heteroatoms. The molecule has 0 aromatic rings. The summed E-state index contributed by atoms with van der Waals surface area (Å²) in [6.07, 6.45) is 35.1. The first-order valence-electron chi connectivity index (χ1n) is 16.4. The van der Waals surface area contributed by atoms with Crippen LogP contribution in [0.2, 0.25) is 0 Å². The van der Waals surface area contributed by atoms with Crippen molar-refractivity contribution in [1.29, 1.82) is 0 Å². The molecule has 0 aromatic carbocycles. The molecule has 0 heterocycles. The highest BCUT2D eigenvalue weighted by Gasteiger charge is 2.27. The smallest absolute Gasteiger partial charge is 0.0233 e. The molecule has 0 saturated carbocycles. The van der Waals surface area contributed by atoms with E-state index >= 15 is 0 Å². The first-order valence-corrected chi connectivity index (χ1v) is 17.9. The Balaban J connectivity index is 4.44. The molecule has 0 aliphatic rings. The minimum Gasteiger partial charge on any atom is -0.0980 e. The van der Waals surface area contributed by atoms with Crippen molar-refractivity contribution in [3.63, 3.8) is 0 Å². The Hall–Kier alpha value is 0.430. The highest BCUT2D eigenvalue weighted by Crippen LogP contribution is 2.55. The Morgan fingerprint density at radius 3 is 0.765 bits per heavy atom. The van der Waals surface area contributed by atoms with Gasteiger partial charge in [0.05, 0.1) is 0 Å². The van der Waals surface area contributed by atoms with Crippen molar-refractivity contribution in [2.45, 2.75) is 213 Å². The Morgan fingerprint density at radius 1 is 0.324 bits per heavy atom. The highest BCUT2D eigenvalue weighted by atomic mass is 31.1. The molecule has 0 amide bonds. The summed E-state index contributed by atoms with van der Waals surface area (Å²) in [4.78, 5) is 0. The predicted octanol–water partition coefficient (Wildman–Crippen LogP) is 13.1. The molecule has 34 heavy (non-hydrogen) atoms. The van der Waals surface area contributed by atoms with Crippen LogP contribution in [0, 0.1) is 0 Å². The van der Waals surface area contributed by atoms with Crippen molar-refractivity contribution in [1.82, 2.24) is 0 Å². The zero-order chi connectivity index (χ0) is 25.3. The lowest BCUT2D eigenvalue weighted by atomic mass is 10.1. The second kappa shape index (κ2) is 26.5. The van der Waals surface area contributed by atoms with Crippen LogP contribution in [-0.4, -0.2) is 17.0 Å². The van der Waals surface area contributed by atoms with Crippen molar-refractivity contribution >= 4 is 7.92 Å². The Morgan fingerprint density at radius 2 is 0.529 bits per heavy atom. The van der Waals surface area contributed by atoms with E-state index in [9.17, 15) is 0 Å². The van der Waals surface area contributed by atoms with Crippen molar-refractivity contribution in [3.05, 3.63) is 0 Å². The van der Waals surface area contributed by atoms with Crippen molar-refractivity contribution in [2.24, 2.45) is 0 Å². The molecule has 0 radical (unpaired) electrons. The van der Waals surface area contributed by atoms with Gasteiger partial charge in [0.1, 0.15) is 0 Å². The van der Waals surface area contributed by atoms with E-state index in [4.69, 9.17) is 0 Å². The number of unbranched alkanes of at least 4 members (excludes halogenated alkanes) is 18. The van der Waals surface area contributed by atoms with Crippen LogP contribution in [0.25, 0.3) is 0 Å². The fourth-order valence-corrected chi connectivity index (χ4v) is 9.99. The maximum atomic E-state index is 2.64. The molecule has 206 valence electrons. The molecule has 0 N–H and O–H groups in total. The average molecular weight is 497 g/mol. The van der Waals surface area contributed by atoms with Gasteiger partial charge in [-0.2, -0.15) is 0 Å². The lowest BCUT2D eigenvalue weighted by molar-refractivity contribution is 0.558. The summed E-state index contributed by atoms with van der Waals surface area (Å²) in [7, 11) is 0.165. The van der Waals surface area contributed by atoms with Crippen LogP contribution in [-0.2, 0) is 0 Å². The second-order valence-electron chi connectivity index (χ2n) is 11.7. The minimum atomic E-state index is 0.165. The van der Waals surface area contributed by atoms with Gasteiger partial charge in [-0.05, 0) is 36.2 Å². The van der Waals surface area contributed by atoms with Crippen LogP contribution in [0.3, 0.4) is 0 Å². The van der Waals surface area contributed by atoms with Gasteiger partial charge in [0.15, 0.2) is 0 Å². The number of hydrogen-bond acceptors (Lipinski definition) is 0. The van der Waals surface area contributed by atoms with E-state index < -0.39 is 0 Å². The van der Waals surface area contributed by atoms with Gasteiger partial charge in [-0.15, -0.1) is 0 Å². The van der Waals surface area contributed by atoms with E-state index in [2.05, 4.69) is 41.5 Å². The normalized spacial score (nSPS) is 15.4. The molecule has 3 unspecified atom stereocenters. The minimum absolute atomic E-state index is 0.165. The van der Waals surface area contributed by atoms with E-state index in [1.165, 1.54) is 154 Å². The molecule has 0 bridgehead atoms. The molecule has 3 atom stereocenters. The molecule has 0 aromatic heterocycles. The molecular weight excluding hydrogens is 427 g/mol. The zero-order valence-electron chi connectivity index (χ0n) is 25.1. The number of hydrogen-bond donors (Lipinski definition) is 0. The summed E-state index contributed by atoms with van der Waals surface area (Å²) < 4.78 is 0. The molecule has 0 nitrogen and oxygen atoms in total. The Bertz CT molecular complexity index is 322. The van der Waals surface area contributed by atoms with Gasteiger partial charge in [-0.3, -0.25) is 0 Å². The van der Waals surface area contributed by atoms with Gasteiger partial charge >= 0.3 is 0 Å². The van der Waals surface area contributed by atoms with Gasteiger partial charge in [0.2, 0.25) is 0 Å². The van der Waals surface area contributed by atoms with Crippen molar-refractivity contribution in [3.8, 4) is 0 Å². The second-order valence-corrected chi connectivity index (χ2v) is 15.3. The van der Waals surface area contributed by atoms with Crippen molar-refractivity contribution in [2.75, 3.05) is 0 Å². The first-order chi connectivity index (χ1) is 16.6. The molecule has 0 rings (SSSR count). The fourth-order valence-electron chi connectivity index (χ4n) is 5.94. The van der Waals surface area contributed by atoms with Gasteiger partial charge in [0.25, 0.3) is 0 Å². The predicted molar refractivity (Wildman–Crippen MR) is 163 cm³/mol. The highest BCUT2D eigenvalue weighted by molar-refractivity contribution is 7.59. The molecular formula is C33H69P. The van der Waals surface area contributed by atoms with Gasteiger partial charge in [-0.1, -0.05) is 184 Å². The maximum Gasteiger partial charge on any atom is -0.0233 e. The third-order valence-corrected chi connectivity index (χ3v) is 12.0. The molecule has 0 spiro atoms. The third-order valence-electron chi connectivity index (χ3n) is 8.20. The van der Waals surface area contributed by atoms with Gasteiger partial charge in [0, 0.05) is 0 Å². The van der Waals surface area contributed by atoms with Crippen LogP contribution in [0.1, 0.15) is 196 Å². The lowest BCUT2D eigenvalue weighted by Gasteiger charge is -2.36. The van der Waals surface area contributed by atoms with Crippen LogP contribution in [0.15, 0.2) is 0 Å². The first kappa shape index (κ1) is 34.4. The van der Waals surface area contributed by atoms with Crippen LogP contribution < -0.4 is 0 Å². The number of rotatable bonds is 27. The molecule has 0 fully saturated rings. The summed E-state index contributed by atoms with van der Waals surface area (Å²) in [5.41, 5.74) is 2.93. The molecule has 0 aliphatic heterocycles.